The van der Waals surface area contributed by atoms with Crippen molar-refractivity contribution in [3.63, 3.8) is 0 Å². The van der Waals surface area contributed by atoms with Crippen LogP contribution in [0.5, 0.6) is 5.75 Å². The summed E-state index contributed by atoms with van der Waals surface area (Å²) >= 11 is 11.0. The van der Waals surface area contributed by atoms with E-state index in [1.165, 1.54) is 44.3 Å². The molecule has 0 aliphatic carbocycles. The summed E-state index contributed by atoms with van der Waals surface area (Å²) in [5, 5.41) is 22.3. The lowest BCUT2D eigenvalue weighted by Gasteiger charge is -2.28. The number of benzene rings is 1. The summed E-state index contributed by atoms with van der Waals surface area (Å²) in [6.45, 7) is 1.67. The van der Waals surface area contributed by atoms with Crippen LogP contribution in [0.3, 0.4) is 0 Å². The number of esters is 1. The van der Waals surface area contributed by atoms with Crippen molar-refractivity contribution in [2.24, 2.45) is 5.92 Å². The van der Waals surface area contributed by atoms with Crippen molar-refractivity contribution < 1.29 is 40.8 Å². The predicted molar refractivity (Wildman–Crippen MR) is 142 cm³/mol. The van der Waals surface area contributed by atoms with Gasteiger partial charge in [0, 0.05) is 17.3 Å². The summed E-state index contributed by atoms with van der Waals surface area (Å²) in [6, 6.07) is 6.79. The minimum atomic E-state index is -4.52. The fraction of sp³-hybridized carbons (Fsp3) is 0.542. The van der Waals surface area contributed by atoms with Crippen molar-refractivity contribution in [3.8, 4) is 5.75 Å². The van der Waals surface area contributed by atoms with Gasteiger partial charge >= 0.3 is 13.6 Å². The van der Waals surface area contributed by atoms with E-state index in [0.717, 1.165) is 17.1 Å². The van der Waals surface area contributed by atoms with Crippen molar-refractivity contribution in [2.75, 3.05) is 19.3 Å². The molecule has 0 saturated carbocycles. The fourth-order valence-electron chi connectivity index (χ4n) is 3.61. The number of unbranched alkanes of at least 4 members (excludes halogenated alkanes) is 1. The number of carbonyl (C=O) groups excluding carboxylic acids is 1. The Morgan fingerprint density at radius 1 is 1.39 bits per heavy atom. The zero-order chi connectivity index (χ0) is 29.9. The molecule has 2 heterocycles. The maximum Gasteiger partial charge on any atom is 0.380 e. The molecule has 210 valence electrons. The van der Waals surface area contributed by atoms with Gasteiger partial charge < -0.3 is 24.2 Å². The summed E-state index contributed by atoms with van der Waals surface area (Å²) < 4.78 is 54.0. The smallest absolute Gasteiger partial charge is 0.380 e. The van der Waals surface area contributed by atoms with E-state index in [1.807, 2.05) is 6.92 Å². The minimum Gasteiger partial charge on any atom is -0.465 e. The molecule has 3 N–H and O–H groups in total. The molecule has 0 spiro atoms. The Hall–Kier alpha value is -2.05. The van der Waals surface area contributed by atoms with Crippen molar-refractivity contribution in [1.82, 2.24) is 9.55 Å². The third-order valence-corrected chi connectivity index (χ3v) is 8.21. The molecule has 0 radical (unpaired) electrons. The maximum absolute atomic E-state index is 14.0. The van der Waals surface area contributed by atoms with Gasteiger partial charge in [-0.1, -0.05) is 31.9 Å². The Labute approximate surface area is 233 Å². The van der Waals surface area contributed by atoms with E-state index in [2.05, 4.69) is 4.98 Å². The summed E-state index contributed by atoms with van der Waals surface area (Å²) in [6.07, 6.45) is -3.22. The van der Waals surface area contributed by atoms with Gasteiger partial charge in [0.1, 0.15) is 23.6 Å². The van der Waals surface area contributed by atoms with Gasteiger partial charge in [-0.2, -0.15) is 0 Å². The van der Waals surface area contributed by atoms with Gasteiger partial charge in [-0.05, 0) is 49.8 Å². The van der Waals surface area contributed by atoms with Crippen LogP contribution in [0.15, 0.2) is 41.3 Å². The molecule has 1 saturated heterocycles. The number of H-pyrrole nitrogens is 1. The van der Waals surface area contributed by atoms with E-state index in [1.54, 1.807) is 0 Å². The van der Waals surface area contributed by atoms with Gasteiger partial charge in [0.15, 0.2) is 11.0 Å². The van der Waals surface area contributed by atoms with Gasteiger partial charge in [-0.3, -0.25) is 23.7 Å². The number of rotatable bonds is 12. The number of ether oxygens (including phenoxy) is 2. The number of aliphatic hydroxyl groups is 2. The third-order valence-electron chi connectivity index (χ3n) is 5.77. The molecule has 14 heteroatoms. The molecule has 11 nitrogen and oxygen atoms in total. The standard InChI is InChI=1S/C24H32ClN2O9PS/c1-4-5-12-33-21(30)15(2)14-37(32,36-17-8-6-16(25)7-9-17)34-13-18-20(29)24(3,31)22(35-18)27-11-10-19(28)26-23(27)38/h6-11,15,18,20,22,29,31H,4-5,12-14H2,1-3H3,(H,26,28,38)/t15-,18-,20+,22-,24?,37?/m1/s1/i13D2. The van der Waals surface area contributed by atoms with Crippen molar-refractivity contribution in [2.45, 2.75) is 57.6 Å². The number of hydrogen-bond acceptors (Lipinski definition) is 10. The van der Waals surface area contributed by atoms with Crippen molar-refractivity contribution >= 4 is 37.4 Å². The summed E-state index contributed by atoms with van der Waals surface area (Å²) in [5.41, 5.74) is -2.65. The van der Waals surface area contributed by atoms with Crippen molar-refractivity contribution in [3.05, 3.63) is 56.7 Å². The lowest BCUT2D eigenvalue weighted by Crippen LogP contribution is -2.44. The van der Waals surface area contributed by atoms with Crippen LogP contribution in [0.25, 0.3) is 0 Å². The average Bonchev–Trinajstić information content (AvgIpc) is 3.09. The summed E-state index contributed by atoms with van der Waals surface area (Å²) in [7, 11) is -4.52. The molecule has 0 amide bonds. The number of halogens is 1. The van der Waals surface area contributed by atoms with E-state index in [0.29, 0.717) is 11.4 Å². The molecule has 1 aromatic heterocycles. The number of carbonyl (C=O) groups is 1. The first-order chi connectivity index (χ1) is 18.6. The van der Waals surface area contributed by atoms with Gasteiger partial charge in [-0.15, -0.1) is 0 Å². The number of nitrogens with zero attached hydrogens (tertiary/aromatic N) is 1. The van der Waals surface area contributed by atoms with Gasteiger partial charge in [0.2, 0.25) is 0 Å². The fourth-order valence-corrected chi connectivity index (χ4v) is 5.70. The molecule has 1 fully saturated rings. The predicted octanol–water partition coefficient (Wildman–Crippen LogP) is 3.84. The first-order valence-electron chi connectivity index (χ1n) is 12.9. The topological polar surface area (TPSA) is 149 Å². The monoisotopic (exact) mass is 592 g/mol. The Morgan fingerprint density at radius 2 is 2.08 bits per heavy atom. The van der Waals surface area contributed by atoms with Gasteiger partial charge in [0.25, 0.3) is 5.56 Å². The largest absolute Gasteiger partial charge is 0.465 e. The molecular weight excluding hydrogens is 559 g/mol. The minimum absolute atomic E-state index is 0.0207. The van der Waals surface area contributed by atoms with Crippen LogP contribution < -0.4 is 10.1 Å². The number of aromatic amines is 1. The molecule has 38 heavy (non-hydrogen) atoms. The van der Waals surface area contributed by atoms with Crippen LogP contribution in [-0.2, 0) is 23.4 Å². The average molecular weight is 593 g/mol. The van der Waals surface area contributed by atoms with E-state index >= 15 is 0 Å². The highest BCUT2D eigenvalue weighted by atomic mass is 35.5. The first-order valence-corrected chi connectivity index (χ1v) is 14.4. The Morgan fingerprint density at radius 3 is 2.71 bits per heavy atom. The molecule has 1 aliphatic heterocycles. The zero-order valence-electron chi connectivity index (χ0n) is 23.0. The number of aliphatic hydroxyl groups excluding tert-OH is 1. The molecule has 1 aliphatic rings. The normalized spacial score (nSPS) is 26.6. The van der Waals surface area contributed by atoms with Gasteiger partial charge in [0.05, 0.1) is 28.0 Å². The highest BCUT2D eigenvalue weighted by Crippen LogP contribution is 2.51. The van der Waals surface area contributed by atoms with Gasteiger partial charge in [-0.25, -0.2) is 4.57 Å². The second kappa shape index (κ2) is 12.9. The lowest BCUT2D eigenvalue weighted by molar-refractivity contribution is -0.147. The van der Waals surface area contributed by atoms with Crippen LogP contribution in [0, 0.1) is 10.7 Å². The van der Waals surface area contributed by atoms with Crippen LogP contribution >= 0.6 is 31.4 Å². The molecule has 1 aromatic carbocycles. The number of hydrogen-bond donors (Lipinski definition) is 3. The first kappa shape index (κ1) is 27.5. The summed E-state index contributed by atoms with van der Waals surface area (Å²) in [5.74, 6) is -1.67. The van der Waals surface area contributed by atoms with E-state index < -0.39 is 61.8 Å². The summed E-state index contributed by atoms with van der Waals surface area (Å²) in [4.78, 5) is 26.4. The molecule has 2 unspecified atom stereocenters. The quantitative estimate of drug-likeness (QED) is 0.144. The Kier molecular flexibility index (Phi) is 9.32. The molecule has 6 atom stereocenters. The van der Waals surface area contributed by atoms with E-state index in [-0.39, 0.29) is 17.1 Å². The molecule has 0 bridgehead atoms. The zero-order valence-corrected chi connectivity index (χ0v) is 23.5. The molecule has 3 rings (SSSR count). The van der Waals surface area contributed by atoms with Crippen molar-refractivity contribution in [1.29, 1.82) is 0 Å². The second-order valence-corrected chi connectivity index (χ2v) is 11.8. The maximum atomic E-state index is 14.0. The van der Waals surface area contributed by atoms with Crippen LogP contribution in [0.4, 0.5) is 0 Å². The van der Waals surface area contributed by atoms with Crippen LogP contribution in [0.1, 0.15) is 42.6 Å². The third kappa shape index (κ3) is 7.53. The number of aromatic nitrogens is 2. The van der Waals surface area contributed by atoms with Crippen LogP contribution in [-0.4, -0.2) is 62.9 Å². The lowest BCUT2D eigenvalue weighted by atomic mass is 9.96. The van der Waals surface area contributed by atoms with Crippen LogP contribution in [0.2, 0.25) is 5.02 Å². The number of nitrogens with one attached hydrogen (secondary N) is 1. The highest BCUT2D eigenvalue weighted by molar-refractivity contribution is 7.71. The highest BCUT2D eigenvalue weighted by Gasteiger charge is 2.53. The molecular formula is C24H32ClN2O9PS. The Balaban J connectivity index is 1.90. The second-order valence-electron chi connectivity index (χ2n) is 9.07. The van der Waals surface area contributed by atoms with E-state index in [9.17, 15) is 24.4 Å². The Bertz CT molecular complexity index is 1350. The molecule has 2 aromatic rings. The van der Waals surface area contributed by atoms with E-state index in [4.69, 9.17) is 45.1 Å². The SMILES string of the molecule is [2H]C([2H])(OP(=O)(C[C@@H](C)C(=O)OCCCC)Oc1ccc(Cl)cc1)[C@H]1O[C@@H](n2ccc(=O)[nH]c2=S)C(C)(O)[C@H]1O.